The van der Waals surface area contributed by atoms with Crippen LogP contribution in [0, 0.1) is 0 Å². The van der Waals surface area contributed by atoms with Crippen LogP contribution in [0.3, 0.4) is 0 Å². The van der Waals surface area contributed by atoms with Gasteiger partial charge in [-0.05, 0) is 6.07 Å². The molecule has 0 saturated carbocycles. The third-order valence-electron chi connectivity index (χ3n) is 1.79. The van der Waals surface area contributed by atoms with E-state index in [1.54, 1.807) is 0 Å². The quantitative estimate of drug-likeness (QED) is 0.670. The van der Waals surface area contributed by atoms with Crippen LogP contribution in [-0.4, -0.2) is 39.0 Å². The second kappa shape index (κ2) is 5.25. The lowest BCUT2D eigenvalue weighted by atomic mass is 10.4. The Bertz CT molecular complexity index is 534. The summed E-state index contributed by atoms with van der Waals surface area (Å²) in [6.45, 7) is -0.390. The molecule has 0 aromatic carbocycles. The topological polar surface area (TPSA) is 113 Å². The number of sulfonamides is 1. The maximum atomic E-state index is 11.6. The van der Waals surface area contributed by atoms with Gasteiger partial charge in [-0.3, -0.25) is 4.79 Å². The van der Waals surface area contributed by atoms with Crippen molar-refractivity contribution >= 4 is 33.2 Å². The highest BCUT2D eigenvalue weighted by Crippen LogP contribution is 2.19. The molecule has 0 spiro atoms. The van der Waals surface area contributed by atoms with Gasteiger partial charge in [-0.1, -0.05) is 0 Å². The molecule has 0 aliphatic carbocycles. The fourth-order valence-electron chi connectivity index (χ4n) is 0.890. The van der Waals surface area contributed by atoms with Crippen LogP contribution in [-0.2, 0) is 14.8 Å². The summed E-state index contributed by atoms with van der Waals surface area (Å²) in [7, 11) is -2.45. The number of carbonyl (C=O) groups excluding carboxylic acids is 1. The summed E-state index contributed by atoms with van der Waals surface area (Å²) in [6.07, 6.45) is 0. The first-order valence-corrected chi connectivity index (χ1v) is 6.75. The normalized spacial score (nSPS) is 11.1. The van der Waals surface area contributed by atoms with Crippen LogP contribution < -0.4 is 10.0 Å². The lowest BCUT2D eigenvalue weighted by Gasteiger charge is -2.02. The number of aromatic carboxylic acids is 1. The highest BCUT2D eigenvalue weighted by atomic mass is 32.2. The van der Waals surface area contributed by atoms with Gasteiger partial charge in [0.15, 0.2) is 0 Å². The standard InChI is InChI=1S/C8H10N2O5S2/c1-9-6(11)3-10-17(14,15)7-2-5(4-16-7)8(12)13/h2,4,10H,3H2,1H3,(H,9,11)(H,12,13). The van der Waals surface area contributed by atoms with Gasteiger partial charge in [-0.25, -0.2) is 17.9 Å². The van der Waals surface area contributed by atoms with Crippen molar-refractivity contribution in [2.45, 2.75) is 4.21 Å². The predicted molar refractivity (Wildman–Crippen MR) is 60.5 cm³/mol. The van der Waals surface area contributed by atoms with E-state index in [1.807, 2.05) is 0 Å². The van der Waals surface area contributed by atoms with E-state index < -0.39 is 21.9 Å². The van der Waals surface area contributed by atoms with E-state index in [4.69, 9.17) is 5.11 Å². The average molecular weight is 278 g/mol. The Labute approximate surface area is 102 Å². The van der Waals surface area contributed by atoms with Crippen molar-refractivity contribution in [2.75, 3.05) is 13.6 Å². The number of thiophene rings is 1. The largest absolute Gasteiger partial charge is 0.478 e. The van der Waals surface area contributed by atoms with Crippen molar-refractivity contribution in [1.82, 2.24) is 10.0 Å². The zero-order valence-electron chi connectivity index (χ0n) is 8.76. The Morgan fingerprint density at radius 3 is 2.59 bits per heavy atom. The van der Waals surface area contributed by atoms with Crippen molar-refractivity contribution in [1.29, 1.82) is 0 Å². The summed E-state index contributed by atoms with van der Waals surface area (Å²) in [5.41, 5.74) is -0.102. The number of carboxylic acid groups (broad SMARTS) is 1. The first kappa shape index (κ1) is 13.6. The Kier molecular flexibility index (Phi) is 4.21. The molecule has 94 valence electrons. The van der Waals surface area contributed by atoms with Gasteiger partial charge in [-0.2, -0.15) is 0 Å². The van der Waals surface area contributed by atoms with E-state index in [1.165, 1.54) is 12.4 Å². The monoisotopic (exact) mass is 278 g/mol. The Hall–Kier alpha value is -1.45. The second-order valence-corrected chi connectivity index (χ2v) is 5.86. The smallest absolute Gasteiger partial charge is 0.336 e. The van der Waals surface area contributed by atoms with Crippen LogP contribution in [0.5, 0.6) is 0 Å². The number of carboxylic acids is 1. The third-order valence-corrected chi connectivity index (χ3v) is 4.63. The van der Waals surface area contributed by atoms with E-state index in [-0.39, 0.29) is 16.3 Å². The average Bonchev–Trinajstić information content (AvgIpc) is 2.76. The van der Waals surface area contributed by atoms with Crippen LogP contribution >= 0.6 is 11.3 Å². The molecule has 0 bridgehead atoms. The summed E-state index contributed by atoms with van der Waals surface area (Å²) in [6, 6.07) is 1.04. The number of nitrogens with one attached hydrogen (secondary N) is 2. The third kappa shape index (κ3) is 3.51. The molecule has 1 rings (SSSR count). The minimum absolute atomic E-state index is 0.102. The number of carbonyl (C=O) groups is 2. The molecule has 9 heteroatoms. The molecule has 1 aromatic heterocycles. The van der Waals surface area contributed by atoms with Gasteiger partial charge in [0.2, 0.25) is 5.91 Å². The van der Waals surface area contributed by atoms with E-state index in [9.17, 15) is 18.0 Å². The number of likely N-dealkylation sites (N-methyl/N-ethyl adjacent to an activating group) is 1. The molecule has 17 heavy (non-hydrogen) atoms. The lowest BCUT2D eigenvalue weighted by molar-refractivity contribution is -0.119. The van der Waals surface area contributed by atoms with E-state index >= 15 is 0 Å². The summed E-state index contributed by atoms with van der Waals surface area (Å²) in [4.78, 5) is 21.5. The number of hydrogen-bond donors (Lipinski definition) is 3. The number of rotatable bonds is 5. The minimum atomic E-state index is -3.83. The van der Waals surface area contributed by atoms with Gasteiger partial charge >= 0.3 is 5.97 Å². The zero-order chi connectivity index (χ0) is 13.1. The van der Waals surface area contributed by atoms with Gasteiger partial charge in [0.25, 0.3) is 10.0 Å². The molecular weight excluding hydrogens is 268 g/mol. The molecule has 0 unspecified atom stereocenters. The highest BCUT2D eigenvalue weighted by Gasteiger charge is 2.19. The molecule has 3 N–H and O–H groups in total. The van der Waals surface area contributed by atoms with Crippen molar-refractivity contribution in [3.63, 3.8) is 0 Å². The summed E-state index contributed by atoms with van der Waals surface area (Å²) in [5.74, 6) is -1.68. The number of hydrogen-bond acceptors (Lipinski definition) is 5. The Morgan fingerprint density at radius 2 is 2.12 bits per heavy atom. The van der Waals surface area contributed by atoms with Crippen molar-refractivity contribution in [2.24, 2.45) is 0 Å². The summed E-state index contributed by atoms with van der Waals surface area (Å²) >= 11 is 0.781. The molecule has 7 nitrogen and oxygen atoms in total. The van der Waals surface area contributed by atoms with Crippen molar-refractivity contribution in [3.05, 3.63) is 17.0 Å². The Morgan fingerprint density at radius 1 is 1.47 bits per heavy atom. The second-order valence-electron chi connectivity index (χ2n) is 2.96. The number of amides is 1. The van der Waals surface area contributed by atoms with Gasteiger partial charge in [0.1, 0.15) is 4.21 Å². The zero-order valence-corrected chi connectivity index (χ0v) is 10.4. The molecule has 0 saturated heterocycles. The maximum absolute atomic E-state index is 11.6. The van der Waals surface area contributed by atoms with E-state index in [2.05, 4.69) is 10.0 Å². The fraction of sp³-hybridized carbons (Fsp3) is 0.250. The molecule has 1 aromatic rings. The molecule has 0 radical (unpaired) electrons. The molecule has 0 aliphatic heterocycles. The first-order valence-electron chi connectivity index (χ1n) is 4.39. The van der Waals surface area contributed by atoms with Crippen molar-refractivity contribution in [3.8, 4) is 0 Å². The fourth-order valence-corrected chi connectivity index (χ4v) is 3.07. The van der Waals surface area contributed by atoms with Crippen LogP contribution in [0.15, 0.2) is 15.7 Å². The van der Waals surface area contributed by atoms with Crippen LogP contribution in [0.4, 0.5) is 0 Å². The minimum Gasteiger partial charge on any atom is -0.478 e. The highest BCUT2D eigenvalue weighted by molar-refractivity contribution is 7.91. The van der Waals surface area contributed by atoms with Gasteiger partial charge in [-0.15, -0.1) is 11.3 Å². The Balaban J connectivity index is 2.82. The summed E-state index contributed by atoms with van der Waals surface area (Å²) < 4.78 is 25.1. The van der Waals surface area contributed by atoms with Crippen LogP contribution in [0.1, 0.15) is 10.4 Å². The molecule has 0 aliphatic rings. The van der Waals surface area contributed by atoms with E-state index in [0.29, 0.717) is 0 Å². The van der Waals surface area contributed by atoms with Gasteiger partial charge in [0.05, 0.1) is 12.1 Å². The van der Waals surface area contributed by atoms with Crippen LogP contribution in [0.2, 0.25) is 0 Å². The molecular formula is C8H10N2O5S2. The molecule has 0 fully saturated rings. The van der Waals surface area contributed by atoms with E-state index in [0.717, 1.165) is 17.4 Å². The lowest BCUT2D eigenvalue weighted by Crippen LogP contribution is -2.34. The summed E-state index contributed by atoms with van der Waals surface area (Å²) in [5, 5.41) is 12.1. The SMILES string of the molecule is CNC(=O)CNS(=O)(=O)c1cc(C(=O)O)cs1. The molecule has 0 atom stereocenters. The maximum Gasteiger partial charge on any atom is 0.336 e. The first-order chi connectivity index (χ1) is 7.86. The molecule has 1 amide bonds. The predicted octanol–water partition coefficient (Wildman–Crippen LogP) is -0.529. The molecule has 1 heterocycles. The van der Waals surface area contributed by atoms with Crippen molar-refractivity contribution < 1.29 is 23.1 Å². The van der Waals surface area contributed by atoms with Gasteiger partial charge < -0.3 is 10.4 Å². The van der Waals surface area contributed by atoms with Gasteiger partial charge in [0, 0.05) is 12.4 Å². The van der Waals surface area contributed by atoms with Crippen LogP contribution in [0.25, 0.3) is 0 Å².